The topological polar surface area (TPSA) is 80.5 Å². The molecule has 9 heteroatoms. The van der Waals surface area contributed by atoms with Crippen molar-refractivity contribution in [2.75, 3.05) is 11.4 Å². The lowest BCUT2D eigenvalue weighted by Crippen LogP contribution is -2.32. The number of primary sulfonamides is 1. The molecule has 0 spiro atoms. The number of nitrogens with zero attached hydrogens (tertiary/aromatic N) is 1. The summed E-state index contributed by atoms with van der Waals surface area (Å²) in [6.45, 7) is -0.433. The quantitative estimate of drug-likeness (QED) is 0.806. The standard InChI is InChI=1S/C10H9F3N2O3S/c11-5-1-7(12)10(13)8(2-5)15-4-6(3-9(15)16)19(14,17)18/h1-2,6H,3-4H2,(H2,14,17,18). The Kier molecular flexibility index (Phi) is 3.27. The van der Waals surface area contributed by atoms with Crippen molar-refractivity contribution in [3.05, 3.63) is 29.6 Å². The molecule has 1 fully saturated rings. The Morgan fingerprint density at radius 2 is 1.89 bits per heavy atom. The summed E-state index contributed by atoms with van der Waals surface area (Å²) in [4.78, 5) is 12.3. The number of hydrogen-bond donors (Lipinski definition) is 1. The summed E-state index contributed by atoms with van der Waals surface area (Å²) in [6.07, 6.45) is -0.448. The maximum absolute atomic E-state index is 13.5. The number of hydrogen-bond acceptors (Lipinski definition) is 3. The number of sulfonamides is 1. The molecule has 1 atom stereocenters. The highest BCUT2D eigenvalue weighted by atomic mass is 32.2. The van der Waals surface area contributed by atoms with E-state index in [0.717, 1.165) is 0 Å². The van der Waals surface area contributed by atoms with Gasteiger partial charge in [-0.1, -0.05) is 0 Å². The zero-order valence-corrected chi connectivity index (χ0v) is 10.3. The molecule has 0 bridgehead atoms. The van der Waals surface area contributed by atoms with Gasteiger partial charge in [-0.3, -0.25) is 4.79 Å². The summed E-state index contributed by atoms with van der Waals surface area (Å²) in [6, 6.07) is 0.957. The van der Waals surface area contributed by atoms with Gasteiger partial charge in [0.05, 0.1) is 5.69 Å². The molecule has 0 radical (unpaired) electrons. The van der Waals surface area contributed by atoms with E-state index in [1.807, 2.05) is 0 Å². The van der Waals surface area contributed by atoms with Crippen molar-refractivity contribution < 1.29 is 26.4 Å². The second kappa shape index (κ2) is 4.49. The van der Waals surface area contributed by atoms with E-state index in [-0.39, 0.29) is 0 Å². The van der Waals surface area contributed by atoms with Crippen LogP contribution in [0, 0.1) is 17.5 Å². The highest BCUT2D eigenvalue weighted by Gasteiger charge is 2.38. The number of amides is 1. The Labute approximate surface area is 106 Å². The van der Waals surface area contributed by atoms with Crippen LogP contribution in [0.3, 0.4) is 0 Å². The van der Waals surface area contributed by atoms with Gasteiger partial charge in [-0.2, -0.15) is 0 Å². The summed E-state index contributed by atoms with van der Waals surface area (Å²) in [5.74, 6) is -4.70. The molecule has 0 aromatic heterocycles. The first-order chi connectivity index (χ1) is 8.70. The zero-order valence-electron chi connectivity index (χ0n) is 9.44. The van der Waals surface area contributed by atoms with E-state index in [1.54, 1.807) is 0 Å². The number of carbonyl (C=O) groups excluding carboxylic acids is 1. The van der Waals surface area contributed by atoms with Crippen molar-refractivity contribution in [2.24, 2.45) is 5.14 Å². The van der Waals surface area contributed by atoms with E-state index in [9.17, 15) is 26.4 Å². The maximum Gasteiger partial charge on any atom is 0.228 e. The summed E-state index contributed by atoms with van der Waals surface area (Å²) in [7, 11) is -3.98. The summed E-state index contributed by atoms with van der Waals surface area (Å²) in [5.41, 5.74) is -0.631. The predicted molar refractivity (Wildman–Crippen MR) is 60.2 cm³/mol. The number of benzene rings is 1. The molecule has 1 heterocycles. The van der Waals surface area contributed by atoms with Crippen LogP contribution in [-0.2, 0) is 14.8 Å². The molecule has 0 saturated carbocycles. The molecule has 1 aliphatic heterocycles. The second-order valence-electron chi connectivity index (χ2n) is 4.14. The third kappa shape index (κ3) is 2.56. The van der Waals surface area contributed by atoms with E-state index in [1.165, 1.54) is 0 Å². The molecule has 1 amide bonds. The highest BCUT2D eigenvalue weighted by molar-refractivity contribution is 7.89. The van der Waals surface area contributed by atoms with Crippen LogP contribution in [0.4, 0.5) is 18.9 Å². The number of nitrogens with two attached hydrogens (primary N) is 1. The lowest BCUT2D eigenvalue weighted by molar-refractivity contribution is -0.117. The van der Waals surface area contributed by atoms with Gasteiger partial charge in [-0.15, -0.1) is 0 Å². The summed E-state index contributed by atoms with van der Waals surface area (Å²) < 4.78 is 61.9. The van der Waals surface area contributed by atoms with E-state index >= 15 is 0 Å². The molecule has 1 aliphatic rings. The number of halogens is 3. The third-order valence-electron chi connectivity index (χ3n) is 2.82. The van der Waals surface area contributed by atoms with Crippen LogP contribution in [0.25, 0.3) is 0 Å². The van der Waals surface area contributed by atoms with E-state index in [4.69, 9.17) is 5.14 Å². The van der Waals surface area contributed by atoms with Gasteiger partial charge in [0.1, 0.15) is 11.1 Å². The first-order valence-electron chi connectivity index (χ1n) is 5.16. The number of anilines is 1. The molecule has 2 rings (SSSR count). The first-order valence-corrected chi connectivity index (χ1v) is 6.77. The van der Waals surface area contributed by atoms with Crippen LogP contribution in [0.15, 0.2) is 12.1 Å². The fourth-order valence-corrected chi connectivity index (χ4v) is 2.60. The number of rotatable bonds is 2. The Morgan fingerprint density at radius 1 is 1.26 bits per heavy atom. The minimum atomic E-state index is -3.98. The van der Waals surface area contributed by atoms with Crippen LogP contribution >= 0.6 is 0 Å². The minimum absolute atomic E-state index is 0.330. The van der Waals surface area contributed by atoms with Gasteiger partial charge in [0.2, 0.25) is 15.9 Å². The van der Waals surface area contributed by atoms with Crippen molar-refractivity contribution in [2.45, 2.75) is 11.7 Å². The fourth-order valence-electron chi connectivity index (χ4n) is 1.87. The molecular weight excluding hydrogens is 285 g/mol. The van der Waals surface area contributed by atoms with Crippen LogP contribution in [-0.4, -0.2) is 26.1 Å². The Morgan fingerprint density at radius 3 is 2.42 bits per heavy atom. The lowest BCUT2D eigenvalue weighted by atomic mass is 10.2. The van der Waals surface area contributed by atoms with E-state index in [2.05, 4.69) is 0 Å². The summed E-state index contributed by atoms with van der Waals surface area (Å²) >= 11 is 0. The van der Waals surface area contributed by atoms with Gasteiger partial charge in [0.15, 0.2) is 11.6 Å². The molecule has 0 aliphatic carbocycles. The van der Waals surface area contributed by atoms with Gasteiger partial charge in [0, 0.05) is 25.1 Å². The van der Waals surface area contributed by atoms with Gasteiger partial charge < -0.3 is 4.90 Å². The molecule has 1 aromatic rings. The molecule has 1 unspecified atom stereocenters. The van der Waals surface area contributed by atoms with Gasteiger partial charge in [0.25, 0.3) is 0 Å². The Hall–Kier alpha value is -1.61. The van der Waals surface area contributed by atoms with Gasteiger partial charge >= 0.3 is 0 Å². The maximum atomic E-state index is 13.5. The van der Waals surface area contributed by atoms with Crippen LogP contribution < -0.4 is 10.0 Å². The van der Waals surface area contributed by atoms with Crippen molar-refractivity contribution >= 4 is 21.6 Å². The first kappa shape index (κ1) is 13.8. The van der Waals surface area contributed by atoms with E-state index < -0.39 is 57.3 Å². The largest absolute Gasteiger partial charge is 0.308 e. The zero-order chi connectivity index (χ0) is 14.4. The van der Waals surface area contributed by atoms with E-state index in [0.29, 0.717) is 17.0 Å². The molecule has 5 nitrogen and oxygen atoms in total. The molecule has 1 aromatic carbocycles. The van der Waals surface area contributed by atoms with Gasteiger partial charge in [-0.05, 0) is 0 Å². The van der Waals surface area contributed by atoms with Gasteiger partial charge in [-0.25, -0.2) is 26.7 Å². The van der Waals surface area contributed by atoms with Crippen LogP contribution in [0.5, 0.6) is 0 Å². The molecule has 2 N–H and O–H groups in total. The van der Waals surface area contributed by atoms with Crippen molar-refractivity contribution in [3.8, 4) is 0 Å². The van der Waals surface area contributed by atoms with Crippen LogP contribution in [0.1, 0.15) is 6.42 Å². The third-order valence-corrected chi connectivity index (χ3v) is 4.06. The SMILES string of the molecule is NS(=O)(=O)C1CC(=O)N(c2cc(F)cc(F)c2F)C1. The normalized spacial score (nSPS) is 20.1. The van der Waals surface area contributed by atoms with Crippen molar-refractivity contribution in [3.63, 3.8) is 0 Å². The molecule has 19 heavy (non-hydrogen) atoms. The molecule has 1 saturated heterocycles. The Bertz CT molecular complexity index is 648. The lowest BCUT2D eigenvalue weighted by Gasteiger charge is -2.17. The fraction of sp³-hybridized carbons (Fsp3) is 0.300. The van der Waals surface area contributed by atoms with Crippen molar-refractivity contribution in [1.29, 1.82) is 0 Å². The second-order valence-corrected chi connectivity index (χ2v) is 5.98. The smallest absolute Gasteiger partial charge is 0.228 e. The van der Waals surface area contributed by atoms with Crippen molar-refractivity contribution in [1.82, 2.24) is 0 Å². The Balaban J connectivity index is 2.41. The van der Waals surface area contributed by atoms with Crippen LogP contribution in [0.2, 0.25) is 0 Å². The minimum Gasteiger partial charge on any atom is -0.308 e. The average Bonchev–Trinajstić information content (AvgIpc) is 2.65. The molecule has 104 valence electrons. The average molecular weight is 294 g/mol. The predicted octanol–water partition coefficient (Wildman–Crippen LogP) is 0.498. The summed E-state index contributed by atoms with van der Waals surface area (Å²) in [5, 5.41) is 3.68. The highest BCUT2D eigenvalue weighted by Crippen LogP contribution is 2.28. The molecular formula is C10H9F3N2O3S. The number of carbonyl (C=O) groups is 1. The monoisotopic (exact) mass is 294 g/mol.